The molecule has 0 saturated heterocycles. The van der Waals surface area contributed by atoms with Crippen molar-refractivity contribution < 1.29 is 4.79 Å². The molecular weight excluding hydrogens is 176 g/mol. The third kappa shape index (κ3) is 3.99. The van der Waals surface area contributed by atoms with Gasteiger partial charge in [-0.3, -0.25) is 0 Å². The van der Waals surface area contributed by atoms with Gasteiger partial charge in [0.05, 0.1) is 0 Å². The first-order valence-corrected chi connectivity index (χ1v) is 5.62. The summed E-state index contributed by atoms with van der Waals surface area (Å²) in [5, 5.41) is 3.06. The van der Waals surface area contributed by atoms with E-state index in [1.807, 2.05) is 18.7 Å². The lowest BCUT2D eigenvalue weighted by Crippen LogP contribution is -2.46. The van der Waals surface area contributed by atoms with Crippen molar-refractivity contribution in [3.05, 3.63) is 0 Å². The van der Waals surface area contributed by atoms with Crippen molar-refractivity contribution in [2.24, 2.45) is 5.92 Å². The minimum atomic E-state index is 0.0653. The molecule has 0 bridgehead atoms. The van der Waals surface area contributed by atoms with Crippen molar-refractivity contribution in [3.8, 4) is 0 Å². The lowest BCUT2D eigenvalue weighted by molar-refractivity contribution is 0.194. The number of hydrogen-bond donors (Lipinski definition) is 1. The zero-order valence-corrected chi connectivity index (χ0v) is 10.1. The topological polar surface area (TPSA) is 32.3 Å². The zero-order chi connectivity index (χ0) is 11.1. The molecule has 0 rings (SSSR count). The number of rotatable bonds is 5. The number of urea groups is 1. The monoisotopic (exact) mass is 200 g/mol. The van der Waals surface area contributed by atoms with Crippen molar-refractivity contribution in [1.82, 2.24) is 10.2 Å². The molecule has 3 heteroatoms. The Labute approximate surface area is 87.9 Å². The molecule has 0 aliphatic heterocycles. The van der Waals surface area contributed by atoms with E-state index in [2.05, 4.69) is 26.1 Å². The van der Waals surface area contributed by atoms with Gasteiger partial charge in [-0.1, -0.05) is 20.8 Å². The molecule has 0 aliphatic rings. The van der Waals surface area contributed by atoms with Crippen molar-refractivity contribution in [2.75, 3.05) is 13.1 Å². The molecular formula is C11H24N2O. The molecule has 0 aromatic carbocycles. The van der Waals surface area contributed by atoms with E-state index >= 15 is 0 Å². The van der Waals surface area contributed by atoms with Gasteiger partial charge in [0.2, 0.25) is 0 Å². The van der Waals surface area contributed by atoms with Gasteiger partial charge >= 0.3 is 6.03 Å². The average Bonchev–Trinajstić information content (AvgIpc) is 2.15. The number of carbonyl (C=O) groups is 1. The van der Waals surface area contributed by atoms with Crippen LogP contribution in [0.2, 0.25) is 0 Å². The van der Waals surface area contributed by atoms with Crippen molar-refractivity contribution in [1.29, 1.82) is 0 Å². The fraction of sp³-hybridized carbons (Fsp3) is 0.909. The minimum absolute atomic E-state index is 0.0653. The van der Waals surface area contributed by atoms with E-state index in [9.17, 15) is 4.79 Å². The van der Waals surface area contributed by atoms with Crippen LogP contribution in [0.1, 0.15) is 41.0 Å². The van der Waals surface area contributed by atoms with E-state index in [0.717, 1.165) is 19.5 Å². The summed E-state index contributed by atoms with van der Waals surface area (Å²) < 4.78 is 0. The summed E-state index contributed by atoms with van der Waals surface area (Å²) in [4.78, 5) is 13.5. The standard InChI is InChI=1S/C11H24N2O/c1-6-10(9(4)5)12-11(14)13(7-2)8-3/h9-10H,6-8H2,1-5H3,(H,12,14). The second kappa shape index (κ2) is 6.68. The Morgan fingerprint density at radius 1 is 1.21 bits per heavy atom. The smallest absolute Gasteiger partial charge is 0.317 e. The Kier molecular flexibility index (Phi) is 6.34. The highest BCUT2D eigenvalue weighted by molar-refractivity contribution is 5.74. The Morgan fingerprint density at radius 3 is 2.00 bits per heavy atom. The summed E-state index contributed by atoms with van der Waals surface area (Å²) in [6, 6.07) is 0.360. The number of nitrogens with one attached hydrogen (secondary N) is 1. The van der Waals surface area contributed by atoms with Gasteiger partial charge in [-0.05, 0) is 26.2 Å². The molecule has 0 saturated carbocycles. The van der Waals surface area contributed by atoms with Gasteiger partial charge in [0.25, 0.3) is 0 Å². The number of carbonyl (C=O) groups excluding carboxylic acids is 1. The minimum Gasteiger partial charge on any atom is -0.335 e. The molecule has 0 spiro atoms. The summed E-state index contributed by atoms with van der Waals surface area (Å²) in [6.07, 6.45) is 0.991. The van der Waals surface area contributed by atoms with E-state index in [4.69, 9.17) is 0 Å². The molecule has 1 atom stereocenters. The van der Waals surface area contributed by atoms with Gasteiger partial charge in [-0.2, -0.15) is 0 Å². The molecule has 0 aromatic rings. The lowest BCUT2D eigenvalue weighted by Gasteiger charge is -2.26. The van der Waals surface area contributed by atoms with Crippen LogP contribution in [0.5, 0.6) is 0 Å². The quantitative estimate of drug-likeness (QED) is 0.726. The Morgan fingerprint density at radius 2 is 1.71 bits per heavy atom. The second-order valence-electron chi connectivity index (χ2n) is 3.88. The second-order valence-corrected chi connectivity index (χ2v) is 3.88. The predicted octanol–water partition coefficient (Wildman–Crippen LogP) is 2.47. The van der Waals surface area contributed by atoms with E-state index in [1.165, 1.54) is 0 Å². The van der Waals surface area contributed by atoms with Crippen LogP contribution in [0.3, 0.4) is 0 Å². The Balaban J connectivity index is 4.13. The normalized spacial score (nSPS) is 12.7. The summed E-state index contributed by atoms with van der Waals surface area (Å²) in [5.41, 5.74) is 0. The molecule has 3 nitrogen and oxygen atoms in total. The SMILES string of the molecule is CCC(NC(=O)N(CC)CC)C(C)C. The van der Waals surface area contributed by atoms with E-state index in [0.29, 0.717) is 12.0 Å². The van der Waals surface area contributed by atoms with Crippen molar-refractivity contribution in [2.45, 2.75) is 47.1 Å². The third-order valence-corrected chi connectivity index (χ3v) is 2.60. The van der Waals surface area contributed by atoms with Gasteiger partial charge in [-0.25, -0.2) is 4.79 Å². The molecule has 0 fully saturated rings. The maximum atomic E-state index is 11.7. The van der Waals surface area contributed by atoms with Gasteiger partial charge in [0, 0.05) is 19.1 Å². The fourth-order valence-corrected chi connectivity index (χ4v) is 1.50. The summed E-state index contributed by atoms with van der Waals surface area (Å²) in [6.45, 7) is 11.9. The van der Waals surface area contributed by atoms with E-state index in [-0.39, 0.29) is 6.03 Å². The van der Waals surface area contributed by atoms with Crippen LogP contribution in [0, 0.1) is 5.92 Å². The summed E-state index contributed by atoms with van der Waals surface area (Å²) in [7, 11) is 0. The van der Waals surface area contributed by atoms with Crippen LogP contribution in [-0.2, 0) is 0 Å². The van der Waals surface area contributed by atoms with Crippen LogP contribution in [-0.4, -0.2) is 30.1 Å². The molecule has 0 heterocycles. The maximum Gasteiger partial charge on any atom is 0.317 e. The molecule has 0 aliphatic carbocycles. The van der Waals surface area contributed by atoms with E-state index < -0.39 is 0 Å². The number of amides is 2. The number of nitrogens with zero attached hydrogens (tertiary/aromatic N) is 1. The number of hydrogen-bond acceptors (Lipinski definition) is 1. The average molecular weight is 200 g/mol. The third-order valence-electron chi connectivity index (χ3n) is 2.60. The highest BCUT2D eigenvalue weighted by atomic mass is 16.2. The summed E-state index contributed by atoms with van der Waals surface area (Å²) in [5.74, 6) is 0.500. The highest BCUT2D eigenvalue weighted by Gasteiger charge is 2.16. The molecule has 1 N–H and O–H groups in total. The van der Waals surface area contributed by atoms with Crippen LogP contribution < -0.4 is 5.32 Å². The van der Waals surface area contributed by atoms with Gasteiger partial charge in [0.1, 0.15) is 0 Å². The summed E-state index contributed by atoms with van der Waals surface area (Å²) >= 11 is 0. The zero-order valence-electron chi connectivity index (χ0n) is 10.1. The molecule has 1 unspecified atom stereocenters. The Bertz CT molecular complexity index is 165. The first-order valence-electron chi connectivity index (χ1n) is 5.62. The predicted molar refractivity (Wildman–Crippen MR) is 60.4 cm³/mol. The van der Waals surface area contributed by atoms with Crippen LogP contribution in [0.25, 0.3) is 0 Å². The van der Waals surface area contributed by atoms with Crippen LogP contribution >= 0.6 is 0 Å². The molecule has 0 radical (unpaired) electrons. The largest absolute Gasteiger partial charge is 0.335 e. The van der Waals surface area contributed by atoms with E-state index in [1.54, 1.807) is 0 Å². The highest BCUT2D eigenvalue weighted by Crippen LogP contribution is 2.05. The van der Waals surface area contributed by atoms with Crippen LogP contribution in [0.15, 0.2) is 0 Å². The fourth-order valence-electron chi connectivity index (χ4n) is 1.50. The maximum absolute atomic E-state index is 11.7. The van der Waals surface area contributed by atoms with Crippen molar-refractivity contribution >= 4 is 6.03 Å². The van der Waals surface area contributed by atoms with Crippen molar-refractivity contribution in [3.63, 3.8) is 0 Å². The first-order chi connectivity index (χ1) is 6.56. The van der Waals surface area contributed by atoms with Gasteiger partial charge in [0.15, 0.2) is 0 Å². The van der Waals surface area contributed by atoms with Gasteiger partial charge in [-0.15, -0.1) is 0 Å². The van der Waals surface area contributed by atoms with Crippen LogP contribution in [0.4, 0.5) is 4.79 Å². The molecule has 2 amide bonds. The molecule has 14 heavy (non-hydrogen) atoms. The molecule has 84 valence electrons. The molecule has 0 aromatic heterocycles. The Hall–Kier alpha value is -0.730. The van der Waals surface area contributed by atoms with Gasteiger partial charge < -0.3 is 10.2 Å². The first kappa shape index (κ1) is 13.3. The lowest BCUT2D eigenvalue weighted by atomic mass is 10.0.